The van der Waals surface area contributed by atoms with E-state index in [4.69, 9.17) is 46.4 Å². The summed E-state index contributed by atoms with van der Waals surface area (Å²) in [6.07, 6.45) is 1.55. The summed E-state index contributed by atoms with van der Waals surface area (Å²) in [6, 6.07) is 4.90. The highest BCUT2D eigenvalue weighted by Crippen LogP contribution is 2.34. The molecular formula is C10H4Cl4N2. The van der Waals surface area contributed by atoms with E-state index in [-0.39, 0.29) is 5.28 Å². The van der Waals surface area contributed by atoms with Crippen molar-refractivity contribution < 1.29 is 0 Å². The molecule has 0 atom stereocenters. The predicted octanol–water partition coefficient (Wildman–Crippen LogP) is 4.76. The van der Waals surface area contributed by atoms with Crippen LogP contribution in [0.15, 0.2) is 24.4 Å². The Hall–Kier alpha value is -0.540. The summed E-state index contributed by atoms with van der Waals surface area (Å²) >= 11 is 23.5. The van der Waals surface area contributed by atoms with Gasteiger partial charge in [0.15, 0.2) is 0 Å². The first-order valence-corrected chi connectivity index (χ1v) is 5.72. The molecule has 0 radical (unpaired) electrons. The zero-order chi connectivity index (χ0) is 11.7. The fourth-order valence-corrected chi connectivity index (χ4v) is 1.99. The lowest BCUT2D eigenvalue weighted by atomic mass is 10.1. The summed E-state index contributed by atoms with van der Waals surface area (Å²) in [6.45, 7) is 0. The van der Waals surface area contributed by atoms with Crippen molar-refractivity contribution in [1.29, 1.82) is 0 Å². The van der Waals surface area contributed by atoms with Crippen molar-refractivity contribution in [2.45, 2.75) is 0 Å². The maximum Gasteiger partial charge on any atom is 0.222 e. The normalized spacial score (nSPS) is 10.5. The fourth-order valence-electron chi connectivity index (χ4n) is 1.20. The molecule has 82 valence electrons. The highest BCUT2D eigenvalue weighted by Gasteiger charge is 2.09. The molecule has 0 bridgehead atoms. The van der Waals surface area contributed by atoms with E-state index in [1.165, 1.54) is 0 Å². The van der Waals surface area contributed by atoms with Crippen molar-refractivity contribution in [1.82, 2.24) is 9.97 Å². The fraction of sp³-hybridized carbons (Fsp3) is 0. The average molecular weight is 294 g/mol. The molecule has 0 saturated carbocycles. The van der Waals surface area contributed by atoms with Gasteiger partial charge in [0.1, 0.15) is 0 Å². The minimum absolute atomic E-state index is 0.152. The molecule has 0 aliphatic carbocycles. The van der Waals surface area contributed by atoms with E-state index in [1.807, 2.05) is 0 Å². The molecule has 0 amide bonds. The highest BCUT2D eigenvalue weighted by molar-refractivity contribution is 6.44. The van der Waals surface area contributed by atoms with Gasteiger partial charge in [-0.25, -0.2) is 9.97 Å². The molecule has 2 nitrogen and oxygen atoms in total. The van der Waals surface area contributed by atoms with E-state index in [0.717, 1.165) is 0 Å². The minimum Gasteiger partial charge on any atom is -0.226 e. The molecule has 2 rings (SSSR count). The van der Waals surface area contributed by atoms with E-state index >= 15 is 0 Å². The molecule has 0 aliphatic heterocycles. The SMILES string of the molecule is Clc1nccc(-c2cc(Cl)c(Cl)cc2Cl)n1. The topological polar surface area (TPSA) is 25.8 Å². The first-order chi connectivity index (χ1) is 7.58. The number of benzene rings is 1. The van der Waals surface area contributed by atoms with Crippen LogP contribution in [-0.4, -0.2) is 9.97 Å². The Morgan fingerprint density at radius 2 is 1.56 bits per heavy atom. The van der Waals surface area contributed by atoms with Crippen LogP contribution in [0.2, 0.25) is 20.4 Å². The summed E-state index contributed by atoms with van der Waals surface area (Å²) < 4.78 is 0. The maximum atomic E-state index is 6.04. The maximum absolute atomic E-state index is 6.04. The summed E-state index contributed by atoms with van der Waals surface area (Å²) in [4.78, 5) is 7.83. The van der Waals surface area contributed by atoms with Crippen LogP contribution in [0.25, 0.3) is 11.3 Å². The van der Waals surface area contributed by atoms with Crippen LogP contribution >= 0.6 is 46.4 Å². The summed E-state index contributed by atoms with van der Waals surface area (Å²) in [7, 11) is 0. The molecular weight excluding hydrogens is 290 g/mol. The first kappa shape index (κ1) is 11.9. The summed E-state index contributed by atoms with van der Waals surface area (Å²) in [5.74, 6) is 0. The van der Waals surface area contributed by atoms with Gasteiger partial charge in [-0.3, -0.25) is 0 Å². The Labute approximate surface area is 112 Å². The van der Waals surface area contributed by atoms with Gasteiger partial charge in [-0.2, -0.15) is 0 Å². The second kappa shape index (κ2) is 4.76. The van der Waals surface area contributed by atoms with Gasteiger partial charge in [0.25, 0.3) is 0 Å². The van der Waals surface area contributed by atoms with Crippen molar-refractivity contribution in [3.05, 3.63) is 44.7 Å². The standard InChI is InChI=1S/C10H4Cl4N2/c11-6-4-8(13)7(12)3-5(6)9-1-2-15-10(14)16-9/h1-4H. The Balaban J connectivity index is 2.60. The third-order valence-electron chi connectivity index (χ3n) is 1.91. The Kier molecular flexibility index (Phi) is 3.55. The molecule has 0 unspecified atom stereocenters. The van der Waals surface area contributed by atoms with Gasteiger partial charge >= 0.3 is 0 Å². The Morgan fingerprint density at radius 3 is 2.25 bits per heavy atom. The zero-order valence-corrected chi connectivity index (χ0v) is 10.7. The van der Waals surface area contributed by atoms with Crippen molar-refractivity contribution in [3.63, 3.8) is 0 Å². The lowest BCUT2D eigenvalue weighted by molar-refractivity contribution is 1.17. The molecule has 0 spiro atoms. The first-order valence-electron chi connectivity index (χ1n) is 4.21. The third kappa shape index (κ3) is 2.41. The molecule has 0 aliphatic rings. The van der Waals surface area contributed by atoms with Crippen LogP contribution < -0.4 is 0 Å². The lowest BCUT2D eigenvalue weighted by Gasteiger charge is -2.05. The van der Waals surface area contributed by atoms with E-state index in [0.29, 0.717) is 26.3 Å². The molecule has 1 aromatic heterocycles. The molecule has 1 heterocycles. The van der Waals surface area contributed by atoms with Crippen LogP contribution in [0, 0.1) is 0 Å². The molecule has 1 aromatic carbocycles. The number of aromatic nitrogens is 2. The number of hydrogen-bond acceptors (Lipinski definition) is 2. The van der Waals surface area contributed by atoms with Gasteiger partial charge in [-0.1, -0.05) is 34.8 Å². The van der Waals surface area contributed by atoms with E-state index in [1.54, 1.807) is 24.4 Å². The van der Waals surface area contributed by atoms with Gasteiger partial charge in [-0.15, -0.1) is 0 Å². The van der Waals surface area contributed by atoms with Gasteiger partial charge in [-0.05, 0) is 29.8 Å². The van der Waals surface area contributed by atoms with Gasteiger partial charge in [0.05, 0.1) is 20.8 Å². The number of nitrogens with zero attached hydrogens (tertiary/aromatic N) is 2. The molecule has 2 aromatic rings. The van der Waals surface area contributed by atoms with E-state index in [9.17, 15) is 0 Å². The Morgan fingerprint density at radius 1 is 0.875 bits per heavy atom. The van der Waals surface area contributed by atoms with E-state index in [2.05, 4.69) is 9.97 Å². The zero-order valence-electron chi connectivity index (χ0n) is 7.72. The smallest absolute Gasteiger partial charge is 0.222 e. The van der Waals surface area contributed by atoms with Crippen LogP contribution in [0.4, 0.5) is 0 Å². The van der Waals surface area contributed by atoms with Crippen LogP contribution in [0.5, 0.6) is 0 Å². The molecule has 16 heavy (non-hydrogen) atoms. The minimum atomic E-state index is 0.152. The molecule has 6 heteroatoms. The van der Waals surface area contributed by atoms with Crippen molar-refractivity contribution in [2.24, 2.45) is 0 Å². The molecule has 0 N–H and O–H groups in total. The van der Waals surface area contributed by atoms with Crippen LogP contribution in [0.3, 0.4) is 0 Å². The monoisotopic (exact) mass is 292 g/mol. The number of halogens is 4. The Bertz CT molecular complexity index is 542. The second-order valence-electron chi connectivity index (χ2n) is 2.96. The van der Waals surface area contributed by atoms with Gasteiger partial charge in [0.2, 0.25) is 5.28 Å². The molecule has 0 fully saturated rings. The second-order valence-corrected chi connectivity index (χ2v) is 4.52. The number of hydrogen-bond donors (Lipinski definition) is 0. The van der Waals surface area contributed by atoms with E-state index < -0.39 is 0 Å². The largest absolute Gasteiger partial charge is 0.226 e. The van der Waals surface area contributed by atoms with Crippen molar-refractivity contribution in [3.8, 4) is 11.3 Å². The third-order valence-corrected chi connectivity index (χ3v) is 3.13. The number of rotatable bonds is 1. The van der Waals surface area contributed by atoms with Crippen molar-refractivity contribution in [2.75, 3.05) is 0 Å². The van der Waals surface area contributed by atoms with Gasteiger partial charge < -0.3 is 0 Å². The predicted molar refractivity (Wildman–Crippen MR) is 67.5 cm³/mol. The van der Waals surface area contributed by atoms with Crippen LogP contribution in [-0.2, 0) is 0 Å². The summed E-state index contributed by atoms with van der Waals surface area (Å²) in [5.41, 5.74) is 1.27. The quantitative estimate of drug-likeness (QED) is 0.560. The lowest BCUT2D eigenvalue weighted by Crippen LogP contribution is -1.88. The van der Waals surface area contributed by atoms with Gasteiger partial charge in [0, 0.05) is 11.8 Å². The van der Waals surface area contributed by atoms with Crippen LogP contribution in [0.1, 0.15) is 0 Å². The average Bonchev–Trinajstić information content (AvgIpc) is 2.23. The molecule has 0 saturated heterocycles. The highest BCUT2D eigenvalue weighted by atomic mass is 35.5. The summed E-state index contributed by atoms with van der Waals surface area (Å²) in [5, 5.41) is 1.43. The van der Waals surface area contributed by atoms with Crippen molar-refractivity contribution >= 4 is 46.4 Å².